The average molecular weight is 456 g/mol. The molecule has 2 aliphatic carbocycles. The molecule has 2 aliphatic rings. The van der Waals surface area contributed by atoms with E-state index in [0.29, 0.717) is 36.3 Å². The first-order valence-electron chi connectivity index (χ1n) is 11.7. The fourth-order valence-corrected chi connectivity index (χ4v) is 4.74. The summed E-state index contributed by atoms with van der Waals surface area (Å²) in [5, 5.41) is 9.99. The van der Waals surface area contributed by atoms with Crippen LogP contribution in [0, 0.1) is 11.8 Å². The van der Waals surface area contributed by atoms with Crippen molar-refractivity contribution in [1.82, 2.24) is 15.0 Å². The minimum Gasteiger partial charge on any atom is -0.478 e. The number of carboxylic acids is 1. The predicted molar refractivity (Wildman–Crippen MR) is 131 cm³/mol. The lowest BCUT2D eigenvalue weighted by Gasteiger charge is -2.38. The van der Waals surface area contributed by atoms with Gasteiger partial charge in [-0.15, -0.1) is 0 Å². The highest BCUT2D eigenvalue weighted by Gasteiger charge is 2.37. The van der Waals surface area contributed by atoms with E-state index in [9.17, 15) is 9.90 Å². The van der Waals surface area contributed by atoms with E-state index < -0.39 is 11.5 Å². The Morgan fingerprint density at radius 1 is 1.24 bits per heavy atom. The van der Waals surface area contributed by atoms with Crippen LogP contribution in [0.15, 0.2) is 30.5 Å². The van der Waals surface area contributed by atoms with Crippen LogP contribution in [0.5, 0.6) is 0 Å². The molecule has 7 nitrogen and oxygen atoms in total. The second kappa shape index (κ2) is 8.08. The molecule has 0 radical (unpaired) electrons. The van der Waals surface area contributed by atoms with E-state index in [2.05, 4.69) is 21.8 Å². The lowest BCUT2D eigenvalue weighted by Crippen LogP contribution is -2.48. The number of carboxylic acid groups (broad SMARTS) is 1. The zero-order valence-electron chi connectivity index (χ0n) is 19.5. The van der Waals surface area contributed by atoms with Gasteiger partial charge in [0.25, 0.3) is 0 Å². The lowest BCUT2D eigenvalue weighted by atomic mass is 9.74. The molecule has 3 aromatic rings. The van der Waals surface area contributed by atoms with Crippen LogP contribution in [-0.4, -0.2) is 37.1 Å². The summed E-state index contributed by atoms with van der Waals surface area (Å²) in [5.41, 5.74) is 17.7. The maximum atomic E-state index is 12.2. The lowest BCUT2D eigenvalue weighted by molar-refractivity contribution is 0.0694. The fourth-order valence-electron chi connectivity index (χ4n) is 4.74. The van der Waals surface area contributed by atoms with E-state index in [1.807, 2.05) is 44.3 Å². The number of nitrogens with zero attached hydrogens (tertiary/aromatic N) is 2. The van der Waals surface area contributed by atoms with E-state index in [-0.39, 0.29) is 5.54 Å². The second-order valence-corrected chi connectivity index (χ2v) is 10.1. The van der Waals surface area contributed by atoms with Crippen molar-refractivity contribution in [2.75, 3.05) is 0 Å². The van der Waals surface area contributed by atoms with E-state index in [0.717, 1.165) is 52.9 Å². The van der Waals surface area contributed by atoms with Crippen molar-refractivity contribution in [3.63, 3.8) is 0 Å². The topological polar surface area (TPSA) is 131 Å². The first-order valence-corrected chi connectivity index (χ1v) is 11.7. The van der Waals surface area contributed by atoms with Gasteiger partial charge in [0.15, 0.2) is 5.82 Å². The summed E-state index contributed by atoms with van der Waals surface area (Å²) < 4.78 is 0. The van der Waals surface area contributed by atoms with Crippen LogP contribution in [0.3, 0.4) is 0 Å². The van der Waals surface area contributed by atoms with Gasteiger partial charge in [0, 0.05) is 35.0 Å². The minimum atomic E-state index is -0.912. The molecule has 0 amide bonds. The van der Waals surface area contributed by atoms with Crippen LogP contribution in [0.25, 0.3) is 22.8 Å². The van der Waals surface area contributed by atoms with Crippen molar-refractivity contribution in [2.24, 2.45) is 11.5 Å². The first kappa shape index (κ1) is 22.3. The second-order valence-electron chi connectivity index (χ2n) is 10.1. The number of carbonyl (C=O) groups is 1. The van der Waals surface area contributed by atoms with Crippen molar-refractivity contribution in [3.05, 3.63) is 58.4 Å². The van der Waals surface area contributed by atoms with Crippen molar-refractivity contribution in [1.29, 1.82) is 0 Å². The summed E-state index contributed by atoms with van der Waals surface area (Å²) in [7, 11) is 0. The van der Waals surface area contributed by atoms with Gasteiger partial charge in [-0.3, -0.25) is 0 Å². The number of aromatic carboxylic acids is 1. The Morgan fingerprint density at radius 3 is 2.59 bits per heavy atom. The van der Waals surface area contributed by atoms with Crippen LogP contribution < -0.4 is 11.5 Å². The molecule has 1 aromatic carbocycles. The number of nitrogens with one attached hydrogen (secondary N) is 1. The number of fused-ring (bicyclic) bond motifs is 3. The van der Waals surface area contributed by atoms with Gasteiger partial charge >= 0.3 is 5.97 Å². The third-order valence-corrected chi connectivity index (χ3v) is 6.69. The predicted octanol–water partition coefficient (Wildman–Crippen LogP) is 3.45. The molecule has 0 bridgehead atoms. The molecule has 6 N–H and O–H groups in total. The quantitative estimate of drug-likeness (QED) is 0.446. The summed E-state index contributed by atoms with van der Waals surface area (Å²) in [5.74, 6) is 5.79. The van der Waals surface area contributed by atoms with Crippen molar-refractivity contribution in [2.45, 2.75) is 63.5 Å². The van der Waals surface area contributed by atoms with Gasteiger partial charge < -0.3 is 21.6 Å². The molecule has 0 atom stereocenters. The van der Waals surface area contributed by atoms with E-state index >= 15 is 0 Å². The van der Waals surface area contributed by atoms with Gasteiger partial charge in [0.05, 0.1) is 22.5 Å². The molecule has 0 aliphatic heterocycles. The number of aromatic nitrogens is 3. The summed E-state index contributed by atoms with van der Waals surface area (Å²) in [6, 6.07) is 7.74. The molecule has 0 spiro atoms. The standard InChI is InChI=1S/C27H29N5O2/c1-26(2,28)13-10-16-4-6-17(7-5-16)24-30-15-18-8-9-19-21(25(33)34)20(14-27(29)11-3-12-27)31-23(19)22(18)32-24/h4-7,15,31H,3,8-9,11-12,14,28-29H2,1-2H3,(H,33,34). The number of H-pyrrole nitrogens is 1. The van der Waals surface area contributed by atoms with Gasteiger partial charge in [0.1, 0.15) is 0 Å². The van der Waals surface area contributed by atoms with Gasteiger partial charge in [-0.05, 0) is 81.3 Å². The van der Waals surface area contributed by atoms with Crippen LogP contribution >= 0.6 is 0 Å². The van der Waals surface area contributed by atoms with E-state index in [1.54, 1.807) is 0 Å². The van der Waals surface area contributed by atoms with Crippen LogP contribution in [0.1, 0.15) is 65.9 Å². The van der Waals surface area contributed by atoms with Gasteiger partial charge in [-0.1, -0.05) is 11.8 Å². The van der Waals surface area contributed by atoms with Gasteiger partial charge in [0.2, 0.25) is 0 Å². The number of hydrogen-bond donors (Lipinski definition) is 4. The normalized spacial score (nSPS) is 16.0. The van der Waals surface area contributed by atoms with Crippen molar-refractivity contribution >= 4 is 5.97 Å². The Labute approximate surface area is 199 Å². The zero-order chi connectivity index (χ0) is 24.1. The highest BCUT2D eigenvalue weighted by Crippen LogP contribution is 2.39. The maximum Gasteiger partial charge on any atom is 0.337 e. The summed E-state index contributed by atoms with van der Waals surface area (Å²) in [6.07, 6.45) is 6.67. The molecule has 174 valence electrons. The van der Waals surface area contributed by atoms with E-state index in [4.69, 9.17) is 16.5 Å². The number of hydrogen-bond acceptors (Lipinski definition) is 5. The Morgan fingerprint density at radius 2 is 1.97 bits per heavy atom. The van der Waals surface area contributed by atoms with Crippen molar-refractivity contribution in [3.8, 4) is 34.6 Å². The maximum absolute atomic E-state index is 12.2. The number of benzene rings is 1. The molecular formula is C27H29N5O2. The Hall–Kier alpha value is -3.47. The average Bonchev–Trinajstić information content (AvgIpc) is 3.14. The third-order valence-electron chi connectivity index (χ3n) is 6.69. The van der Waals surface area contributed by atoms with Gasteiger partial charge in [-0.25, -0.2) is 14.8 Å². The smallest absolute Gasteiger partial charge is 0.337 e. The number of aryl methyl sites for hydroxylation is 1. The molecule has 5 rings (SSSR count). The Kier molecular flexibility index (Phi) is 5.31. The molecule has 0 saturated heterocycles. The van der Waals surface area contributed by atoms with Crippen LogP contribution in [-0.2, 0) is 19.3 Å². The molecule has 1 saturated carbocycles. The van der Waals surface area contributed by atoms with E-state index in [1.165, 1.54) is 0 Å². The Bertz CT molecular complexity index is 1330. The third kappa shape index (κ3) is 4.23. The first-order chi connectivity index (χ1) is 16.1. The minimum absolute atomic E-state index is 0.318. The molecular weight excluding hydrogens is 426 g/mol. The number of nitrogens with two attached hydrogens (primary N) is 2. The van der Waals surface area contributed by atoms with Gasteiger partial charge in [-0.2, -0.15) is 0 Å². The highest BCUT2D eigenvalue weighted by atomic mass is 16.4. The Balaban J connectivity index is 1.51. The number of aromatic amines is 1. The number of rotatable bonds is 4. The fraction of sp³-hybridized carbons (Fsp3) is 0.370. The SMILES string of the molecule is CC(C)(N)C#Cc1ccc(-c2ncc3c(n2)-c2[nH]c(CC4(N)CCC4)c(C(=O)O)c2CC3)cc1. The molecule has 1 fully saturated rings. The van der Waals surface area contributed by atoms with Crippen LogP contribution in [0.2, 0.25) is 0 Å². The summed E-state index contributed by atoms with van der Waals surface area (Å²) in [6.45, 7) is 3.73. The largest absolute Gasteiger partial charge is 0.478 e. The highest BCUT2D eigenvalue weighted by molar-refractivity contribution is 5.94. The summed E-state index contributed by atoms with van der Waals surface area (Å²) in [4.78, 5) is 25.0. The molecule has 2 aromatic heterocycles. The molecule has 7 heteroatoms. The monoisotopic (exact) mass is 455 g/mol. The molecule has 2 heterocycles. The zero-order valence-corrected chi connectivity index (χ0v) is 19.5. The summed E-state index contributed by atoms with van der Waals surface area (Å²) >= 11 is 0. The van der Waals surface area contributed by atoms with Crippen LogP contribution in [0.4, 0.5) is 0 Å². The molecule has 0 unspecified atom stereocenters. The molecule has 34 heavy (non-hydrogen) atoms. The van der Waals surface area contributed by atoms with Crippen molar-refractivity contribution < 1.29 is 9.90 Å².